The molecule has 0 radical (unpaired) electrons. The van der Waals surface area contributed by atoms with Crippen LogP contribution >= 0.6 is 0 Å². The predicted molar refractivity (Wildman–Crippen MR) is 123 cm³/mol. The number of nitrogens with zero attached hydrogens (tertiary/aromatic N) is 2. The van der Waals surface area contributed by atoms with Gasteiger partial charge in [-0.05, 0) is 41.8 Å². The molecule has 1 aromatic heterocycles. The Labute approximate surface area is 177 Å². The summed E-state index contributed by atoms with van der Waals surface area (Å²) in [6, 6.07) is 16.9. The number of rotatable bonds is 5. The predicted octanol–water partition coefficient (Wildman–Crippen LogP) is 5.88. The number of para-hydroxylation sites is 1. The summed E-state index contributed by atoms with van der Waals surface area (Å²) in [6.45, 7) is 6.39. The average Bonchev–Trinajstić information content (AvgIpc) is 2.69. The topological polar surface area (TPSA) is 66.5 Å². The van der Waals surface area contributed by atoms with Crippen molar-refractivity contribution in [3.63, 3.8) is 0 Å². The number of amides is 2. The van der Waals surface area contributed by atoms with Crippen LogP contribution in [-0.4, -0.2) is 25.1 Å². The van der Waals surface area contributed by atoms with Gasteiger partial charge in [-0.25, -0.2) is 4.79 Å². The number of ether oxygens (including phenoxy) is 1. The molecular weight excluding hydrogens is 376 g/mol. The highest BCUT2D eigenvalue weighted by Crippen LogP contribution is 2.36. The molecule has 0 atom stereocenters. The summed E-state index contributed by atoms with van der Waals surface area (Å²) in [6.07, 6.45) is 3.21. The maximum atomic E-state index is 12.5. The van der Waals surface area contributed by atoms with Crippen molar-refractivity contribution >= 4 is 23.1 Å². The molecule has 1 heterocycles. The number of anilines is 3. The first-order valence-corrected chi connectivity index (χ1v) is 9.81. The number of carbonyl (C=O) groups is 1. The zero-order valence-corrected chi connectivity index (χ0v) is 18.1. The Morgan fingerprint density at radius 2 is 1.63 bits per heavy atom. The Kier molecular flexibility index (Phi) is 6.26. The second kappa shape index (κ2) is 8.86. The van der Waals surface area contributed by atoms with E-state index >= 15 is 0 Å². The van der Waals surface area contributed by atoms with Crippen LogP contribution in [0.15, 0.2) is 67.0 Å². The van der Waals surface area contributed by atoms with Crippen molar-refractivity contribution in [2.75, 3.05) is 29.6 Å². The lowest BCUT2D eigenvalue weighted by atomic mass is 9.86. The smallest absolute Gasteiger partial charge is 0.323 e. The maximum Gasteiger partial charge on any atom is 0.323 e. The van der Waals surface area contributed by atoms with Crippen LogP contribution in [0.25, 0.3) is 0 Å². The molecule has 2 N–H and O–H groups in total. The Morgan fingerprint density at radius 3 is 2.30 bits per heavy atom. The first kappa shape index (κ1) is 21.2. The highest BCUT2D eigenvalue weighted by atomic mass is 16.5. The molecular formula is C24H28N4O2. The van der Waals surface area contributed by atoms with Crippen molar-refractivity contribution in [2.24, 2.45) is 0 Å². The summed E-state index contributed by atoms with van der Waals surface area (Å²) >= 11 is 0. The number of aromatic nitrogens is 1. The molecule has 0 saturated carbocycles. The summed E-state index contributed by atoms with van der Waals surface area (Å²) < 4.78 is 6.15. The first-order chi connectivity index (χ1) is 14.2. The number of urea groups is 1. The monoisotopic (exact) mass is 404 g/mol. The van der Waals surface area contributed by atoms with Crippen LogP contribution in [0.3, 0.4) is 0 Å². The van der Waals surface area contributed by atoms with Crippen molar-refractivity contribution in [3.8, 4) is 11.5 Å². The molecule has 0 unspecified atom stereocenters. The van der Waals surface area contributed by atoms with E-state index in [1.807, 2.05) is 67.5 Å². The fraction of sp³-hybridized carbons (Fsp3) is 0.250. The van der Waals surface area contributed by atoms with Crippen molar-refractivity contribution < 1.29 is 9.53 Å². The summed E-state index contributed by atoms with van der Waals surface area (Å²) in [5, 5.41) is 5.69. The van der Waals surface area contributed by atoms with Crippen LogP contribution in [0.2, 0.25) is 0 Å². The van der Waals surface area contributed by atoms with Gasteiger partial charge in [0.05, 0.1) is 11.9 Å². The van der Waals surface area contributed by atoms with Gasteiger partial charge in [0.25, 0.3) is 0 Å². The largest absolute Gasteiger partial charge is 0.453 e. The van der Waals surface area contributed by atoms with E-state index < -0.39 is 0 Å². The zero-order chi connectivity index (χ0) is 21.7. The van der Waals surface area contributed by atoms with Gasteiger partial charge in [0.15, 0.2) is 5.75 Å². The first-order valence-electron chi connectivity index (χ1n) is 9.81. The molecule has 0 bridgehead atoms. The molecule has 6 nitrogen and oxygen atoms in total. The molecule has 0 aliphatic heterocycles. The van der Waals surface area contributed by atoms with Gasteiger partial charge in [-0.1, -0.05) is 39.0 Å². The van der Waals surface area contributed by atoms with E-state index in [0.717, 1.165) is 17.0 Å². The molecule has 2 amide bonds. The van der Waals surface area contributed by atoms with Gasteiger partial charge >= 0.3 is 6.03 Å². The van der Waals surface area contributed by atoms with Crippen molar-refractivity contribution in [1.29, 1.82) is 0 Å². The summed E-state index contributed by atoms with van der Waals surface area (Å²) in [4.78, 5) is 18.7. The minimum absolute atomic E-state index is 0.0809. The van der Waals surface area contributed by atoms with Gasteiger partial charge in [-0.2, -0.15) is 0 Å². The third-order valence-electron chi connectivity index (χ3n) is 4.59. The number of pyridine rings is 1. The SMILES string of the molecule is CN(C)c1ccc(NC(=O)Nc2ccncc2Oc2ccccc2C(C)(C)C)cc1. The number of nitrogens with one attached hydrogen (secondary N) is 2. The van der Waals surface area contributed by atoms with Crippen LogP contribution in [0.4, 0.5) is 21.9 Å². The van der Waals surface area contributed by atoms with Crippen LogP contribution < -0.4 is 20.3 Å². The molecule has 0 fully saturated rings. The molecule has 156 valence electrons. The van der Waals surface area contributed by atoms with Gasteiger partial charge in [0, 0.05) is 37.2 Å². The molecule has 0 saturated heterocycles. The van der Waals surface area contributed by atoms with Gasteiger partial charge in [0.1, 0.15) is 5.75 Å². The fourth-order valence-corrected chi connectivity index (χ4v) is 2.99. The van der Waals surface area contributed by atoms with E-state index in [1.165, 1.54) is 0 Å². The lowest BCUT2D eigenvalue weighted by Crippen LogP contribution is -2.20. The fourth-order valence-electron chi connectivity index (χ4n) is 2.99. The van der Waals surface area contributed by atoms with E-state index in [-0.39, 0.29) is 11.4 Å². The van der Waals surface area contributed by atoms with E-state index in [9.17, 15) is 4.79 Å². The van der Waals surface area contributed by atoms with Gasteiger partial charge < -0.3 is 20.3 Å². The van der Waals surface area contributed by atoms with E-state index in [4.69, 9.17) is 4.74 Å². The molecule has 30 heavy (non-hydrogen) atoms. The molecule has 3 rings (SSSR count). The standard InChI is InChI=1S/C24H28N4O2/c1-24(2,3)19-8-6-7-9-21(19)30-22-16-25-15-14-20(22)27-23(29)26-17-10-12-18(13-11-17)28(4)5/h6-16H,1-5H3,(H2,25,26,27,29). The van der Waals surface area contributed by atoms with E-state index in [2.05, 4.69) is 36.4 Å². The van der Waals surface area contributed by atoms with Crippen molar-refractivity contribution in [3.05, 3.63) is 72.6 Å². The van der Waals surface area contributed by atoms with E-state index in [0.29, 0.717) is 17.1 Å². The average molecular weight is 405 g/mol. The zero-order valence-electron chi connectivity index (χ0n) is 18.1. The van der Waals surface area contributed by atoms with Gasteiger partial charge in [-0.3, -0.25) is 4.98 Å². The van der Waals surface area contributed by atoms with Crippen LogP contribution in [0.5, 0.6) is 11.5 Å². The normalized spacial score (nSPS) is 11.0. The quantitative estimate of drug-likeness (QED) is 0.557. The summed E-state index contributed by atoms with van der Waals surface area (Å²) in [7, 11) is 3.94. The lowest BCUT2D eigenvalue weighted by Gasteiger charge is -2.23. The number of hydrogen-bond donors (Lipinski definition) is 2. The second-order valence-electron chi connectivity index (χ2n) is 8.24. The summed E-state index contributed by atoms with van der Waals surface area (Å²) in [5.41, 5.74) is 3.29. The molecule has 6 heteroatoms. The Morgan fingerprint density at radius 1 is 0.933 bits per heavy atom. The maximum absolute atomic E-state index is 12.5. The second-order valence-corrected chi connectivity index (χ2v) is 8.24. The molecule has 0 aliphatic rings. The van der Waals surface area contributed by atoms with E-state index in [1.54, 1.807) is 18.5 Å². The van der Waals surface area contributed by atoms with Gasteiger partial charge in [0.2, 0.25) is 0 Å². The molecule has 3 aromatic rings. The highest BCUT2D eigenvalue weighted by molar-refractivity contribution is 6.00. The number of benzene rings is 2. The van der Waals surface area contributed by atoms with Crippen LogP contribution in [0, 0.1) is 0 Å². The summed E-state index contributed by atoms with van der Waals surface area (Å²) in [5.74, 6) is 1.22. The molecule has 0 spiro atoms. The minimum atomic E-state index is -0.354. The third-order valence-corrected chi connectivity index (χ3v) is 4.59. The Bertz CT molecular complexity index is 1010. The van der Waals surface area contributed by atoms with Gasteiger partial charge in [-0.15, -0.1) is 0 Å². The number of hydrogen-bond acceptors (Lipinski definition) is 4. The molecule has 2 aromatic carbocycles. The third kappa shape index (κ3) is 5.29. The Balaban J connectivity index is 1.75. The van der Waals surface area contributed by atoms with Crippen molar-refractivity contribution in [1.82, 2.24) is 4.98 Å². The number of carbonyl (C=O) groups excluding carboxylic acids is 1. The van der Waals surface area contributed by atoms with Crippen molar-refractivity contribution in [2.45, 2.75) is 26.2 Å². The van der Waals surface area contributed by atoms with Crippen LogP contribution in [-0.2, 0) is 5.41 Å². The lowest BCUT2D eigenvalue weighted by molar-refractivity contribution is 0.262. The Hall–Kier alpha value is -3.54. The highest BCUT2D eigenvalue weighted by Gasteiger charge is 2.19. The molecule has 0 aliphatic carbocycles. The minimum Gasteiger partial charge on any atom is -0.453 e. The van der Waals surface area contributed by atoms with Crippen LogP contribution in [0.1, 0.15) is 26.3 Å².